The molecule has 1 aromatic heterocycles. The fourth-order valence-corrected chi connectivity index (χ4v) is 2.82. The molecule has 0 saturated heterocycles. The van der Waals surface area contributed by atoms with Crippen molar-refractivity contribution in [1.82, 2.24) is 20.7 Å². The van der Waals surface area contributed by atoms with Crippen molar-refractivity contribution in [3.05, 3.63) is 41.8 Å². The van der Waals surface area contributed by atoms with Crippen molar-refractivity contribution in [2.75, 3.05) is 39.9 Å². The Kier molecular flexibility index (Phi) is 6.67. The van der Waals surface area contributed by atoms with Crippen LogP contribution in [0.4, 0.5) is 0 Å². The number of nitrogens with zero attached hydrogens (tertiary/aromatic N) is 2. The molecule has 154 valence electrons. The highest BCUT2D eigenvalue weighted by Crippen LogP contribution is 2.25. The molecule has 1 aromatic carbocycles. The number of fused-ring (bicyclic) bond motifs is 1. The van der Waals surface area contributed by atoms with Gasteiger partial charge in [0, 0.05) is 25.2 Å². The van der Waals surface area contributed by atoms with E-state index in [1.54, 1.807) is 18.2 Å². The normalized spacial score (nSPS) is 16.0. The minimum Gasteiger partial charge on any atom is -0.497 e. The van der Waals surface area contributed by atoms with Crippen molar-refractivity contribution >= 4 is 17.7 Å². The highest BCUT2D eigenvalue weighted by Gasteiger charge is 2.22. The number of nitrogens with one attached hydrogen (secondary N) is 2. The van der Waals surface area contributed by atoms with E-state index >= 15 is 0 Å². The average molecular weight is 402 g/mol. The third-order valence-electron chi connectivity index (χ3n) is 4.28. The van der Waals surface area contributed by atoms with Crippen LogP contribution in [0.3, 0.4) is 0 Å². The van der Waals surface area contributed by atoms with Crippen molar-refractivity contribution in [3.8, 4) is 11.5 Å². The summed E-state index contributed by atoms with van der Waals surface area (Å²) in [5, 5.41) is 9.02. The van der Waals surface area contributed by atoms with Crippen LogP contribution in [0, 0.1) is 0 Å². The molecular weight excluding hydrogens is 380 g/mol. The Bertz CT molecular complexity index is 868. The predicted octanol–water partition coefficient (Wildman–Crippen LogP) is 0.454. The summed E-state index contributed by atoms with van der Waals surface area (Å²) < 4.78 is 15.7. The monoisotopic (exact) mass is 402 g/mol. The Morgan fingerprint density at radius 2 is 2.07 bits per heavy atom. The molecule has 0 radical (unpaired) electrons. The first-order chi connectivity index (χ1) is 14.1. The molecule has 2 N–H and O–H groups in total. The summed E-state index contributed by atoms with van der Waals surface area (Å²) in [4.78, 5) is 38.6. The van der Waals surface area contributed by atoms with Gasteiger partial charge in [-0.05, 0) is 18.6 Å². The van der Waals surface area contributed by atoms with Crippen LogP contribution in [0.2, 0.25) is 0 Å². The van der Waals surface area contributed by atoms with Gasteiger partial charge in [0.2, 0.25) is 11.7 Å². The lowest BCUT2D eigenvalue weighted by Crippen LogP contribution is -2.43. The fraction of sp³-hybridized carbons (Fsp3) is 0.368. The second kappa shape index (κ2) is 9.58. The second-order valence-corrected chi connectivity index (χ2v) is 6.27. The van der Waals surface area contributed by atoms with Crippen LogP contribution in [0.25, 0.3) is 0 Å². The number of rotatable bonds is 2. The largest absolute Gasteiger partial charge is 0.497 e. The number of ether oxygens (including phenoxy) is 2. The summed E-state index contributed by atoms with van der Waals surface area (Å²) in [5.74, 6) is -0.0808. The highest BCUT2D eigenvalue weighted by molar-refractivity contribution is 5.97. The highest BCUT2D eigenvalue weighted by atomic mass is 16.5. The maximum atomic E-state index is 12.5. The summed E-state index contributed by atoms with van der Waals surface area (Å²) in [6, 6.07) is 6.35. The van der Waals surface area contributed by atoms with Crippen LogP contribution in [0.15, 0.2) is 35.0 Å². The molecular formula is C19H22N4O6. The van der Waals surface area contributed by atoms with Crippen LogP contribution in [0.1, 0.15) is 27.3 Å². The van der Waals surface area contributed by atoms with E-state index in [0.717, 1.165) is 0 Å². The molecule has 0 saturated carbocycles. The van der Waals surface area contributed by atoms with Gasteiger partial charge in [-0.2, -0.15) is 0 Å². The van der Waals surface area contributed by atoms with Crippen molar-refractivity contribution in [1.29, 1.82) is 0 Å². The first-order valence-corrected chi connectivity index (χ1v) is 9.14. The maximum Gasteiger partial charge on any atom is 0.292 e. The molecule has 1 aliphatic rings. The number of methoxy groups -OCH3 is 1. The molecule has 0 unspecified atom stereocenters. The topological polar surface area (TPSA) is 123 Å². The Hall–Kier alpha value is -3.56. The van der Waals surface area contributed by atoms with Gasteiger partial charge in [-0.25, -0.2) is 0 Å². The van der Waals surface area contributed by atoms with E-state index < -0.39 is 5.91 Å². The van der Waals surface area contributed by atoms with E-state index in [1.807, 2.05) is 0 Å². The van der Waals surface area contributed by atoms with Crippen molar-refractivity contribution in [2.24, 2.45) is 0 Å². The lowest BCUT2D eigenvalue weighted by Gasteiger charge is -2.22. The molecule has 29 heavy (non-hydrogen) atoms. The van der Waals surface area contributed by atoms with Crippen molar-refractivity contribution < 1.29 is 28.4 Å². The number of aromatic nitrogens is 1. The van der Waals surface area contributed by atoms with Crippen LogP contribution in [-0.4, -0.2) is 67.7 Å². The van der Waals surface area contributed by atoms with Gasteiger partial charge < -0.3 is 29.5 Å². The molecule has 0 spiro atoms. The molecule has 2 aromatic rings. The van der Waals surface area contributed by atoms with Gasteiger partial charge >= 0.3 is 0 Å². The number of hydrogen-bond acceptors (Lipinski definition) is 7. The maximum absolute atomic E-state index is 12.5. The van der Waals surface area contributed by atoms with Gasteiger partial charge in [0.1, 0.15) is 18.1 Å². The first-order valence-electron chi connectivity index (χ1n) is 9.14. The fourth-order valence-electron chi connectivity index (χ4n) is 2.82. The van der Waals surface area contributed by atoms with Gasteiger partial charge in [0.25, 0.3) is 11.8 Å². The summed E-state index contributed by atoms with van der Waals surface area (Å²) in [6.45, 7) is 0.792. The summed E-state index contributed by atoms with van der Waals surface area (Å²) in [7, 11) is 1.52. The van der Waals surface area contributed by atoms with E-state index in [-0.39, 0.29) is 43.8 Å². The van der Waals surface area contributed by atoms with Crippen LogP contribution in [-0.2, 0) is 4.79 Å². The van der Waals surface area contributed by atoms with Crippen LogP contribution in [0.5, 0.6) is 11.5 Å². The van der Waals surface area contributed by atoms with E-state index in [2.05, 4.69) is 15.8 Å². The van der Waals surface area contributed by atoms with Gasteiger partial charge in [-0.15, -0.1) is 0 Å². The molecule has 0 aliphatic carbocycles. The zero-order chi connectivity index (χ0) is 20.6. The van der Waals surface area contributed by atoms with Gasteiger partial charge in [-0.1, -0.05) is 5.16 Å². The Labute approximate surface area is 167 Å². The zero-order valence-electron chi connectivity index (χ0n) is 16.0. The lowest BCUT2D eigenvalue weighted by atomic mass is 10.1. The minimum atomic E-state index is -0.440. The van der Waals surface area contributed by atoms with Crippen molar-refractivity contribution in [3.63, 3.8) is 0 Å². The minimum absolute atomic E-state index is 0.0501. The zero-order valence-corrected chi connectivity index (χ0v) is 16.0. The number of carbonyl (C=O) groups excluding carboxylic acids is 3. The smallest absolute Gasteiger partial charge is 0.292 e. The standard InChI is InChI=1S/C19H22N4O6/c1-27-13-3-4-14-16(11-13)28-10-8-20-17(24)12-23(9-2-6-21-18(14)25)19(26)15-5-7-22-29-15/h3-5,7,11H,2,6,8-10,12H2,1H3,(H,20,24)(H,21,25). The van der Waals surface area contributed by atoms with Gasteiger partial charge in [0.15, 0.2) is 0 Å². The molecule has 2 heterocycles. The Morgan fingerprint density at radius 1 is 1.21 bits per heavy atom. The summed E-state index contributed by atoms with van der Waals surface area (Å²) in [6.07, 6.45) is 1.81. The van der Waals surface area contributed by atoms with E-state index in [1.165, 1.54) is 24.3 Å². The third-order valence-corrected chi connectivity index (χ3v) is 4.28. The van der Waals surface area contributed by atoms with E-state index in [0.29, 0.717) is 30.0 Å². The predicted molar refractivity (Wildman–Crippen MR) is 101 cm³/mol. The Morgan fingerprint density at radius 3 is 2.83 bits per heavy atom. The molecule has 3 amide bonds. The van der Waals surface area contributed by atoms with Gasteiger partial charge in [-0.3, -0.25) is 14.4 Å². The average Bonchev–Trinajstić information content (AvgIpc) is 3.27. The van der Waals surface area contributed by atoms with Crippen LogP contribution < -0.4 is 20.1 Å². The van der Waals surface area contributed by atoms with E-state index in [9.17, 15) is 14.4 Å². The van der Waals surface area contributed by atoms with Crippen LogP contribution >= 0.6 is 0 Å². The van der Waals surface area contributed by atoms with Crippen molar-refractivity contribution in [2.45, 2.75) is 6.42 Å². The van der Waals surface area contributed by atoms with E-state index in [4.69, 9.17) is 14.0 Å². The Balaban J connectivity index is 1.73. The number of carbonyl (C=O) groups is 3. The second-order valence-electron chi connectivity index (χ2n) is 6.27. The number of amides is 3. The number of hydrogen-bond donors (Lipinski definition) is 2. The summed E-state index contributed by atoms with van der Waals surface area (Å²) in [5.41, 5.74) is 0.365. The first kappa shape index (κ1) is 20.2. The summed E-state index contributed by atoms with van der Waals surface area (Å²) >= 11 is 0. The molecule has 10 heteroatoms. The molecule has 10 nitrogen and oxygen atoms in total. The molecule has 3 rings (SSSR count). The quantitative estimate of drug-likeness (QED) is 0.748. The molecule has 0 atom stereocenters. The number of benzene rings is 1. The molecule has 1 aliphatic heterocycles. The van der Waals surface area contributed by atoms with Gasteiger partial charge in [0.05, 0.1) is 32.0 Å². The molecule has 0 bridgehead atoms. The SMILES string of the molecule is COc1ccc2c(c1)OCCNC(=O)CN(C(=O)c1ccno1)CCCNC2=O. The third kappa shape index (κ3) is 5.24. The molecule has 0 fully saturated rings. The lowest BCUT2D eigenvalue weighted by molar-refractivity contribution is -0.121.